The lowest BCUT2D eigenvalue weighted by Gasteiger charge is -2.26. The molecule has 1 saturated heterocycles. The first-order valence-corrected chi connectivity index (χ1v) is 10.4. The molecule has 0 radical (unpaired) electrons. The van der Waals surface area contributed by atoms with Crippen LogP contribution < -0.4 is 10.1 Å². The lowest BCUT2D eigenvalue weighted by Crippen LogP contribution is -2.35. The summed E-state index contributed by atoms with van der Waals surface area (Å²) in [6, 6.07) is 12.2. The summed E-state index contributed by atoms with van der Waals surface area (Å²) >= 11 is 0. The van der Waals surface area contributed by atoms with Gasteiger partial charge in [-0.25, -0.2) is 0 Å². The van der Waals surface area contributed by atoms with Gasteiger partial charge in [-0.1, -0.05) is 18.6 Å². The average Bonchev–Trinajstić information content (AvgIpc) is 2.75. The molecular formula is C23H26F3N3O3. The summed E-state index contributed by atoms with van der Waals surface area (Å²) in [5, 5.41) is 2.55. The lowest BCUT2D eigenvalue weighted by molar-refractivity contribution is -0.274. The van der Waals surface area contributed by atoms with Gasteiger partial charge in [0.1, 0.15) is 5.75 Å². The Hall–Kier alpha value is -3.07. The number of alkyl halides is 3. The van der Waals surface area contributed by atoms with Gasteiger partial charge in [0.25, 0.3) is 5.91 Å². The molecule has 0 bridgehead atoms. The molecule has 2 aromatic rings. The summed E-state index contributed by atoms with van der Waals surface area (Å²) in [5.74, 6) is -1.14. The minimum absolute atomic E-state index is 0.199. The minimum atomic E-state index is -4.78. The van der Waals surface area contributed by atoms with Crippen molar-refractivity contribution in [2.75, 3.05) is 32.0 Å². The van der Waals surface area contributed by atoms with E-state index in [1.165, 1.54) is 43.3 Å². The lowest BCUT2D eigenvalue weighted by atomic mass is 10.1. The summed E-state index contributed by atoms with van der Waals surface area (Å²) in [6.07, 6.45) is -1.06. The average molecular weight is 449 g/mol. The van der Waals surface area contributed by atoms with Crippen molar-refractivity contribution in [3.8, 4) is 5.75 Å². The quantitative estimate of drug-likeness (QED) is 0.686. The summed E-state index contributed by atoms with van der Waals surface area (Å²) in [5.41, 5.74) is 1.92. The van der Waals surface area contributed by atoms with Gasteiger partial charge in [-0.3, -0.25) is 14.5 Å². The van der Waals surface area contributed by atoms with E-state index in [9.17, 15) is 22.8 Å². The van der Waals surface area contributed by atoms with Crippen molar-refractivity contribution in [3.63, 3.8) is 0 Å². The number of ether oxygens (including phenoxy) is 1. The van der Waals surface area contributed by atoms with Crippen molar-refractivity contribution in [2.24, 2.45) is 0 Å². The molecule has 1 aliphatic rings. The number of rotatable bonds is 7. The number of hydrogen-bond acceptors (Lipinski definition) is 4. The van der Waals surface area contributed by atoms with Crippen LogP contribution in [0.3, 0.4) is 0 Å². The van der Waals surface area contributed by atoms with Crippen LogP contribution in [0.1, 0.15) is 35.2 Å². The highest BCUT2D eigenvalue weighted by Gasteiger charge is 2.31. The first kappa shape index (κ1) is 23.6. The second-order valence-electron chi connectivity index (χ2n) is 7.82. The second kappa shape index (κ2) is 10.5. The van der Waals surface area contributed by atoms with Gasteiger partial charge in [0, 0.05) is 24.8 Å². The van der Waals surface area contributed by atoms with E-state index in [0.717, 1.165) is 37.3 Å². The predicted octanol–water partition coefficient (Wildman–Crippen LogP) is 4.28. The molecule has 1 N–H and O–H groups in total. The van der Waals surface area contributed by atoms with Crippen LogP contribution in [0.5, 0.6) is 5.75 Å². The van der Waals surface area contributed by atoms with E-state index in [4.69, 9.17) is 0 Å². The van der Waals surface area contributed by atoms with Gasteiger partial charge in [-0.05, 0) is 67.9 Å². The van der Waals surface area contributed by atoms with E-state index in [0.29, 0.717) is 11.3 Å². The zero-order valence-electron chi connectivity index (χ0n) is 17.8. The fourth-order valence-corrected chi connectivity index (χ4v) is 3.58. The Morgan fingerprint density at radius 1 is 1.00 bits per heavy atom. The smallest absolute Gasteiger partial charge is 0.406 e. The Labute approximate surface area is 184 Å². The summed E-state index contributed by atoms with van der Waals surface area (Å²) in [4.78, 5) is 28.5. The third-order valence-corrected chi connectivity index (χ3v) is 5.15. The van der Waals surface area contributed by atoms with E-state index in [1.54, 1.807) is 12.1 Å². The molecule has 1 heterocycles. The largest absolute Gasteiger partial charge is 0.573 e. The molecule has 2 aromatic carbocycles. The highest BCUT2D eigenvalue weighted by molar-refractivity contribution is 5.99. The van der Waals surface area contributed by atoms with Crippen molar-refractivity contribution in [1.82, 2.24) is 9.80 Å². The first-order valence-electron chi connectivity index (χ1n) is 10.4. The van der Waals surface area contributed by atoms with E-state index in [-0.39, 0.29) is 18.2 Å². The monoisotopic (exact) mass is 449 g/mol. The van der Waals surface area contributed by atoms with Crippen LogP contribution in [-0.2, 0) is 11.3 Å². The molecule has 0 saturated carbocycles. The number of nitrogens with zero attached hydrogens (tertiary/aromatic N) is 2. The molecule has 3 rings (SSSR count). The maximum atomic E-state index is 12.6. The van der Waals surface area contributed by atoms with Gasteiger partial charge in [-0.2, -0.15) is 0 Å². The maximum Gasteiger partial charge on any atom is 0.573 e. The molecule has 1 fully saturated rings. The highest BCUT2D eigenvalue weighted by atomic mass is 19.4. The zero-order valence-corrected chi connectivity index (χ0v) is 17.8. The molecule has 0 spiro atoms. The molecule has 0 unspecified atom stereocenters. The first-order chi connectivity index (χ1) is 15.2. The van der Waals surface area contributed by atoms with Crippen LogP contribution >= 0.6 is 0 Å². The Balaban J connectivity index is 1.49. The van der Waals surface area contributed by atoms with Gasteiger partial charge < -0.3 is 15.0 Å². The number of carbonyl (C=O) groups excluding carboxylic acids is 2. The maximum absolute atomic E-state index is 12.6. The van der Waals surface area contributed by atoms with Crippen LogP contribution in [0.15, 0.2) is 48.5 Å². The number of halogens is 3. The number of nitrogens with one attached hydrogen (secondary N) is 1. The normalized spacial score (nSPS) is 14.6. The summed E-state index contributed by atoms with van der Waals surface area (Å²) in [7, 11) is 1.52. The van der Waals surface area contributed by atoms with Crippen LogP contribution in [0.25, 0.3) is 0 Å². The SMILES string of the molecule is CN(CC(=O)Nc1ccc(OC(F)(F)F)cc1)C(=O)c1ccc(CN2CCCCC2)cc1. The van der Waals surface area contributed by atoms with Gasteiger partial charge >= 0.3 is 6.36 Å². The fourth-order valence-electron chi connectivity index (χ4n) is 3.58. The van der Waals surface area contributed by atoms with Crippen LogP contribution in [-0.4, -0.2) is 54.7 Å². The highest BCUT2D eigenvalue weighted by Crippen LogP contribution is 2.24. The van der Waals surface area contributed by atoms with Gasteiger partial charge in [0.2, 0.25) is 5.91 Å². The molecule has 172 valence electrons. The molecule has 9 heteroatoms. The second-order valence-corrected chi connectivity index (χ2v) is 7.82. The van der Waals surface area contributed by atoms with Crippen LogP contribution in [0.4, 0.5) is 18.9 Å². The Morgan fingerprint density at radius 3 is 2.22 bits per heavy atom. The number of amides is 2. The molecule has 32 heavy (non-hydrogen) atoms. The van der Waals surface area contributed by atoms with E-state index in [1.807, 2.05) is 12.1 Å². The minimum Gasteiger partial charge on any atom is -0.406 e. The molecule has 6 nitrogen and oxygen atoms in total. The summed E-state index contributed by atoms with van der Waals surface area (Å²) < 4.78 is 40.4. The van der Waals surface area contributed by atoms with Gasteiger partial charge in [-0.15, -0.1) is 13.2 Å². The third-order valence-electron chi connectivity index (χ3n) is 5.15. The number of benzene rings is 2. The summed E-state index contributed by atoms with van der Waals surface area (Å²) in [6.45, 7) is 2.85. The van der Waals surface area contributed by atoms with Crippen LogP contribution in [0, 0.1) is 0 Å². The third kappa shape index (κ3) is 7.26. The number of likely N-dealkylation sites (tertiary alicyclic amines) is 1. The van der Waals surface area contributed by atoms with Crippen molar-refractivity contribution in [3.05, 3.63) is 59.7 Å². The number of likely N-dealkylation sites (N-methyl/N-ethyl adjacent to an activating group) is 1. The Bertz CT molecular complexity index is 909. The molecule has 1 aliphatic heterocycles. The number of anilines is 1. The number of hydrogen-bond donors (Lipinski definition) is 1. The zero-order chi connectivity index (χ0) is 23.1. The molecule has 0 atom stereocenters. The van der Waals surface area contributed by atoms with Crippen LogP contribution in [0.2, 0.25) is 0 Å². The topological polar surface area (TPSA) is 61.9 Å². The Morgan fingerprint density at radius 2 is 1.62 bits per heavy atom. The van der Waals surface area contributed by atoms with Gasteiger partial charge in [0.05, 0.1) is 6.54 Å². The molecule has 0 aromatic heterocycles. The number of piperidine rings is 1. The van der Waals surface area contributed by atoms with Crippen molar-refractivity contribution in [1.29, 1.82) is 0 Å². The molecule has 2 amide bonds. The van der Waals surface area contributed by atoms with Gasteiger partial charge in [0.15, 0.2) is 0 Å². The fraction of sp³-hybridized carbons (Fsp3) is 0.391. The van der Waals surface area contributed by atoms with Crippen molar-refractivity contribution < 1.29 is 27.5 Å². The van der Waals surface area contributed by atoms with Crippen molar-refractivity contribution >= 4 is 17.5 Å². The Kier molecular flexibility index (Phi) is 7.74. The number of carbonyl (C=O) groups is 2. The standard InChI is InChI=1S/C23H26F3N3O3/c1-28(16-21(30)27-19-9-11-20(12-10-19)32-23(24,25)26)22(31)18-7-5-17(6-8-18)15-29-13-3-2-4-14-29/h5-12H,2-4,13-16H2,1H3,(H,27,30). The van der Waals surface area contributed by atoms with E-state index in [2.05, 4.69) is 15.0 Å². The molecule has 0 aliphatic carbocycles. The molecular weight excluding hydrogens is 423 g/mol. The van der Waals surface area contributed by atoms with Crippen molar-refractivity contribution in [2.45, 2.75) is 32.2 Å². The van der Waals surface area contributed by atoms with E-state index >= 15 is 0 Å². The predicted molar refractivity (Wildman–Crippen MR) is 114 cm³/mol. The van der Waals surface area contributed by atoms with E-state index < -0.39 is 12.3 Å².